The number of oxazole rings is 1. The van der Waals surface area contributed by atoms with Gasteiger partial charge in [0.2, 0.25) is 0 Å². The van der Waals surface area contributed by atoms with Crippen LogP contribution in [0.3, 0.4) is 0 Å². The minimum absolute atomic E-state index is 0.191. The van der Waals surface area contributed by atoms with Crippen LogP contribution in [-0.2, 0) is 11.2 Å². The lowest BCUT2D eigenvalue weighted by molar-refractivity contribution is -0.137. The monoisotopic (exact) mass is 304 g/mol. The first-order valence-corrected chi connectivity index (χ1v) is 7.64. The van der Waals surface area contributed by atoms with Crippen LogP contribution in [0.4, 0.5) is 5.69 Å². The number of aliphatic carboxylic acids is 1. The Morgan fingerprint density at radius 2 is 2.00 bits per heavy atom. The number of carbonyl (C=O) groups is 1. The number of carboxylic acid groups (broad SMARTS) is 1. The topological polar surface area (TPSA) is 75.4 Å². The van der Waals surface area contributed by atoms with Crippen molar-refractivity contribution in [1.82, 2.24) is 4.98 Å². The number of unbranched alkanes of at least 4 members (excludes halogenated alkanes) is 1. The van der Waals surface area contributed by atoms with Crippen LogP contribution in [0.5, 0.6) is 0 Å². The average molecular weight is 304 g/mol. The molecule has 22 heavy (non-hydrogen) atoms. The van der Waals surface area contributed by atoms with Crippen molar-refractivity contribution in [3.63, 3.8) is 0 Å². The molecule has 1 aromatic carbocycles. The number of rotatable bonds is 7. The van der Waals surface area contributed by atoms with E-state index in [4.69, 9.17) is 9.52 Å². The Balaban J connectivity index is 0.00000116. The molecule has 0 unspecified atom stereocenters. The lowest BCUT2D eigenvalue weighted by Gasteiger charge is -2.04. The van der Waals surface area contributed by atoms with Crippen molar-refractivity contribution in [3.8, 4) is 11.3 Å². The summed E-state index contributed by atoms with van der Waals surface area (Å²) in [6, 6.07) is 7.88. The Bertz CT molecular complexity index is 579. The molecular formula is C17H24N2O3. The van der Waals surface area contributed by atoms with E-state index < -0.39 is 5.97 Å². The Morgan fingerprint density at radius 1 is 1.27 bits per heavy atom. The molecule has 0 radical (unpaired) electrons. The van der Waals surface area contributed by atoms with Gasteiger partial charge in [-0.3, -0.25) is 4.79 Å². The van der Waals surface area contributed by atoms with Crippen LogP contribution in [0.15, 0.2) is 34.9 Å². The summed E-state index contributed by atoms with van der Waals surface area (Å²) in [7, 11) is 1.87. The molecule has 0 aliphatic rings. The molecular weight excluding hydrogens is 280 g/mol. The summed E-state index contributed by atoms with van der Waals surface area (Å²) in [6.45, 7) is 4.00. The van der Waals surface area contributed by atoms with E-state index in [9.17, 15) is 4.79 Å². The standard InChI is InChI=1S/C15H18N2O3.C2H6/c1-16-12-7-3-2-6-11(12)13-10-20-14(17-13)8-4-5-9-15(18)19;1-2/h2-3,6-7,10,16H,4-5,8-9H2,1H3,(H,18,19);1-2H3. The highest BCUT2D eigenvalue weighted by Gasteiger charge is 2.09. The predicted octanol–water partition coefficient (Wildman–Crippen LogP) is 4.21. The van der Waals surface area contributed by atoms with E-state index in [2.05, 4.69) is 10.3 Å². The quantitative estimate of drug-likeness (QED) is 0.749. The van der Waals surface area contributed by atoms with Crippen LogP contribution < -0.4 is 5.32 Å². The Labute approximate surface area is 131 Å². The van der Waals surface area contributed by atoms with E-state index in [0.29, 0.717) is 18.7 Å². The summed E-state index contributed by atoms with van der Waals surface area (Å²) in [5.74, 6) is -0.114. The average Bonchev–Trinajstić information content (AvgIpc) is 3.02. The van der Waals surface area contributed by atoms with Crippen molar-refractivity contribution in [3.05, 3.63) is 36.4 Å². The molecule has 0 saturated carbocycles. The summed E-state index contributed by atoms with van der Waals surface area (Å²) < 4.78 is 5.44. The van der Waals surface area contributed by atoms with Gasteiger partial charge in [-0.2, -0.15) is 0 Å². The maximum atomic E-state index is 10.4. The molecule has 0 fully saturated rings. The van der Waals surface area contributed by atoms with Crippen molar-refractivity contribution in [2.75, 3.05) is 12.4 Å². The van der Waals surface area contributed by atoms with Crippen LogP contribution in [0.25, 0.3) is 11.3 Å². The van der Waals surface area contributed by atoms with Crippen molar-refractivity contribution in [2.24, 2.45) is 0 Å². The number of aryl methyl sites for hydroxylation is 1. The second kappa shape index (κ2) is 9.60. The molecule has 0 saturated heterocycles. The Morgan fingerprint density at radius 3 is 2.68 bits per heavy atom. The van der Waals surface area contributed by atoms with Crippen LogP contribution >= 0.6 is 0 Å². The van der Waals surface area contributed by atoms with Gasteiger partial charge >= 0.3 is 5.97 Å². The molecule has 120 valence electrons. The third-order valence-corrected chi connectivity index (χ3v) is 3.06. The minimum Gasteiger partial charge on any atom is -0.481 e. The summed E-state index contributed by atoms with van der Waals surface area (Å²) in [5.41, 5.74) is 2.79. The third kappa shape index (κ3) is 5.24. The van der Waals surface area contributed by atoms with Crippen LogP contribution in [0.1, 0.15) is 39.0 Å². The van der Waals surface area contributed by atoms with Crippen molar-refractivity contribution < 1.29 is 14.3 Å². The molecule has 2 rings (SSSR count). The molecule has 1 aromatic heterocycles. The number of hydrogen-bond acceptors (Lipinski definition) is 4. The van der Waals surface area contributed by atoms with Gasteiger partial charge in [0.15, 0.2) is 5.89 Å². The van der Waals surface area contributed by atoms with E-state index in [0.717, 1.165) is 23.4 Å². The van der Waals surface area contributed by atoms with E-state index in [-0.39, 0.29) is 6.42 Å². The van der Waals surface area contributed by atoms with Crippen molar-refractivity contribution in [1.29, 1.82) is 0 Å². The maximum Gasteiger partial charge on any atom is 0.303 e. The summed E-state index contributed by atoms with van der Waals surface area (Å²) in [6.07, 6.45) is 3.90. The Kier molecular flexibility index (Phi) is 7.75. The Hall–Kier alpha value is -2.30. The highest BCUT2D eigenvalue weighted by atomic mass is 16.4. The molecule has 0 aliphatic carbocycles. The van der Waals surface area contributed by atoms with E-state index >= 15 is 0 Å². The molecule has 0 spiro atoms. The van der Waals surface area contributed by atoms with E-state index in [1.807, 2.05) is 45.2 Å². The SMILES string of the molecule is CC.CNc1ccccc1-c1coc(CCCCC(=O)O)n1. The van der Waals surface area contributed by atoms with Crippen LogP contribution in [0.2, 0.25) is 0 Å². The highest BCUT2D eigenvalue weighted by Crippen LogP contribution is 2.26. The molecule has 5 heteroatoms. The fraction of sp³-hybridized carbons (Fsp3) is 0.412. The summed E-state index contributed by atoms with van der Waals surface area (Å²) in [4.78, 5) is 14.9. The molecule has 0 atom stereocenters. The first-order chi connectivity index (χ1) is 10.7. The maximum absolute atomic E-state index is 10.4. The number of nitrogens with one attached hydrogen (secondary N) is 1. The van der Waals surface area contributed by atoms with Crippen molar-refractivity contribution in [2.45, 2.75) is 39.5 Å². The fourth-order valence-corrected chi connectivity index (χ4v) is 2.03. The summed E-state index contributed by atoms with van der Waals surface area (Å²) >= 11 is 0. The molecule has 0 aliphatic heterocycles. The molecule has 1 heterocycles. The van der Waals surface area contributed by atoms with Crippen LogP contribution in [-0.4, -0.2) is 23.1 Å². The zero-order valence-electron chi connectivity index (χ0n) is 13.4. The van der Waals surface area contributed by atoms with E-state index in [1.165, 1.54) is 0 Å². The predicted molar refractivity (Wildman–Crippen MR) is 88.0 cm³/mol. The van der Waals surface area contributed by atoms with Gasteiger partial charge < -0.3 is 14.8 Å². The second-order valence-corrected chi connectivity index (χ2v) is 4.52. The molecule has 5 nitrogen and oxygen atoms in total. The highest BCUT2D eigenvalue weighted by molar-refractivity contribution is 5.74. The normalized spacial score (nSPS) is 9.77. The zero-order chi connectivity index (χ0) is 16.4. The minimum atomic E-state index is -0.763. The zero-order valence-corrected chi connectivity index (χ0v) is 13.4. The van der Waals surface area contributed by atoms with Gasteiger partial charge in [0, 0.05) is 31.1 Å². The van der Waals surface area contributed by atoms with Gasteiger partial charge in [-0.15, -0.1) is 0 Å². The number of anilines is 1. The number of para-hydroxylation sites is 1. The molecule has 2 N–H and O–H groups in total. The van der Waals surface area contributed by atoms with Gasteiger partial charge in [-0.05, 0) is 18.9 Å². The van der Waals surface area contributed by atoms with Gasteiger partial charge in [0.05, 0.1) is 0 Å². The smallest absolute Gasteiger partial charge is 0.303 e. The summed E-state index contributed by atoms with van der Waals surface area (Å²) in [5, 5.41) is 11.7. The lowest BCUT2D eigenvalue weighted by Crippen LogP contribution is -1.95. The fourth-order valence-electron chi connectivity index (χ4n) is 2.03. The third-order valence-electron chi connectivity index (χ3n) is 3.06. The molecule has 2 aromatic rings. The first-order valence-electron chi connectivity index (χ1n) is 7.64. The van der Waals surface area contributed by atoms with Gasteiger partial charge in [0.1, 0.15) is 12.0 Å². The number of nitrogens with zero attached hydrogens (tertiary/aromatic N) is 1. The molecule has 0 bridgehead atoms. The largest absolute Gasteiger partial charge is 0.481 e. The molecule has 0 amide bonds. The number of benzene rings is 1. The van der Waals surface area contributed by atoms with Crippen LogP contribution in [0, 0.1) is 0 Å². The van der Waals surface area contributed by atoms with Gasteiger partial charge in [-0.25, -0.2) is 4.98 Å². The number of hydrogen-bond donors (Lipinski definition) is 2. The van der Waals surface area contributed by atoms with Crippen molar-refractivity contribution >= 4 is 11.7 Å². The van der Waals surface area contributed by atoms with E-state index in [1.54, 1.807) is 6.26 Å². The lowest BCUT2D eigenvalue weighted by atomic mass is 10.1. The second-order valence-electron chi connectivity index (χ2n) is 4.52. The number of carboxylic acids is 1. The van der Waals surface area contributed by atoms with Gasteiger partial charge in [-0.1, -0.05) is 32.0 Å². The first kappa shape index (κ1) is 17.8. The van der Waals surface area contributed by atoms with Gasteiger partial charge in [0.25, 0.3) is 0 Å². The number of aromatic nitrogens is 1.